The summed E-state index contributed by atoms with van der Waals surface area (Å²) in [6, 6.07) is 13.5. The number of ether oxygens (including phenoxy) is 2. The molecular formula is C17H20ClNO2. The lowest BCUT2D eigenvalue weighted by Gasteiger charge is -2.26. The van der Waals surface area contributed by atoms with Gasteiger partial charge in [-0.05, 0) is 42.7 Å². The Labute approximate surface area is 130 Å². The van der Waals surface area contributed by atoms with Gasteiger partial charge in [0.05, 0.1) is 14.2 Å². The molecule has 3 nitrogen and oxygen atoms in total. The van der Waals surface area contributed by atoms with Crippen LogP contribution < -0.4 is 15.2 Å². The summed E-state index contributed by atoms with van der Waals surface area (Å²) in [6.45, 7) is 1.98. The van der Waals surface area contributed by atoms with E-state index in [2.05, 4.69) is 0 Å². The van der Waals surface area contributed by atoms with Gasteiger partial charge in [-0.25, -0.2) is 0 Å². The first-order valence-electron chi connectivity index (χ1n) is 6.72. The molecule has 112 valence electrons. The summed E-state index contributed by atoms with van der Waals surface area (Å²) < 4.78 is 10.6. The Balaban J connectivity index is 2.30. The third kappa shape index (κ3) is 3.49. The van der Waals surface area contributed by atoms with Crippen molar-refractivity contribution in [3.8, 4) is 11.5 Å². The Morgan fingerprint density at radius 2 is 1.71 bits per heavy atom. The lowest BCUT2D eigenvalue weighted by Crippen LogP contribution is -2.35. The van der Waals surface area contributed by atoms with Crippen LogP contribution in [0.25, 0.3) is 0 Å². The molecule has 0 spiro atoms. The summed E-state index contributed by atoms with van der Waals surface area (Å²) in [6.07, 6.45) is 0.650. The van der Waals surface area contributed by atoms with Crippen molar-refractivity contribution in [2.75, 3.05) is 14.2 Å². The molecule has 2 rings (SSSR count). The third-order valence-corrected chi connectivity index (χ3v) is 3.84. The van der Waals surface area contributed by atoms with Gasteiger partial charge < -0.3 is 15.2 Å². The molecule has 0 radical (unpaired) electrons. The molecule has 2 aromatic carbocycles. The summed E-state index contributed by atoms with van der Waals surface area (Å²) in [4.78, 5) is 0. The smallest absolute Gasteiger partial charge is 0.160 e. The topological polar surface area (TPSA) is 44.5 Å². The molecular weight excluding hydrogens is 286 g/mol. The van der Waals surface area contributed by atoms with Gasteiger partial charge in [-0.3, -0.25) is 0 Å². The Bertz CT molecular complexity index is 626. The highest BCUT2D eigenvalue weighted by Gasteiger charge is 2.24. The largest absolute Gasteiger partial charge is 0.493 e. The van der Waals surface area contributed by atoms with Crippen LogP contribution in [0.2, 0.25) is 5.02 Å². The van der Waals surface area contributed by atoms with E-state index in [-0.39, 0.29) is 0 Å². The van der Waals surface area contributed by atoms with Crippen molar-refractivity contribution < 1.29 is 9.47 Å². The highest BCUT2D eigenvalue weighted by molar-refractivity contribution is 6.31. The second-order valence-electron chi connectivity index (χ2n) is 5.26. The third-order valence-electron chi connectivity index (χ3n) is 3.51. The lowest BCUT2D eigenvalue weighted by atomic mass is 9.86. The molecule has 0 heterocycles. The number of hydrogen-bond donors (Lipinski definition) is 1. The number of halogens is 1. The van der Waals surface area contributed by atoms with Crippen molar-refractivity contribution in [1.82, 2.24) is 0 Å². The van der Waals surface area contributed by atoms with E-state index in [1.54, 1.807) is 14.2 Å². The molecule has 2 N–H and O–H groups in total. The molecule has 0 bridgehead atoms. The highest BCUT2D eigenvalue weighted by Crippen LogP contribution is 2.32. The first-order chi connectivity index (χ1) is 9.97. The molecule has 0 amide bonds. The van der Waals surface area contributed by atoms with E-state index in [1.165, 1.54) is 0 Å². The zero-order valence-corrected chi connectivity index (χ0v) is 13.3. The fraction of sp³-hybridized carbons (Fsp3) is 0.294. The molecule has 0 aliphatic carbocycles. The molecule has 1 unspecified atom stereocenters. The summed E-state index contributed by atoms with van der Waals surface area (Å²) in [5.74, 6) is 1.41. The summed E-state index contributed by atoms with van der Waals surface area (Å²) >= 11 is 6.26. The van der Waals surface area contributed by atoms with Crippen LogP contribution in [-0.4, -0.2) is 14.2 Å². The average Bonchev–Trinajstić information content (AvgIpc) is 2.47. The molecule has 0 fully saturated rings. The van der Waals surface area contributed by atoms with Crippen LogP contribution in [0.5, 0.6) is 11.5 Å². The quantitative estimate of drug-likeness (QED) is 0.914. The van der Waals surface area contributed by atoms with Crippen LogP contribution in [0.15, 0.2) is 42.5 Å². The zero-order chi connectivity index (χ0) is 15.5. The number of nitrogens with two attached hydrogens (primary N) is 1. The molecule has 0 aromatic heterocycles. The molecule has 0 aliphatic rings. The van der Waals surface area contributed by atoms with Gasteiger partial charge in [-0.2, -0.15) is 0 Å². The predicted octanol–water partition coefficient (Wildman–Crippen LogP) is 3.77. The minimum Gasteiger partial charge on any atom is -0.493 e. The molecule has 0 aliphatic heterocycles. The van der Waals surface area contributed by atoms with Gasteiger partial charge in [-0.1, -0.05) is 35.9 Å². The van der Waals surface area contributed by atoms with Crippen LogP contribution in [0.1, 0.15) is 18.1 Å². The van der Waals surface area contributed by atoms with Crippen LogP contribution in [0.3, 0.4) is 0 Å². The summed E-state index contributed by atoms with van der Waals surface area (Å²) in [7, 11) is 3.24. The van der Waals surface area contributed by atoms with Crippen LogP contribution in [-0.2, 0) is 12.0 Å². The van der Waals surface area contributed by atoms with Gasteiger partial charge in [-0.15, -0.1) is 0 Å². The van der Waals surface area contributed by atoms with Crippen molar-refractivity contribution in [2.45, 2.75) is 18.9 Å². The van der Waals surface area contributed by atoms with Gasteiger partial charge in [0, 0.05) is 10.6 Å². The molecule has 0 saturated heterocycles. The number of benzene rings is 2. The maximum atomic E-state index is 6.48. The highest BCUT2D eigenvalue weighted by atomic mass is 35.5. The van der Waals surface area contributed by atoms with Gasteiger partial charge in [0.25, 0.3) is 0 Å². The Kier molecular flexibility index (Phi) is 4.76. The van der Waals surface area contributed by atoms with E-state index < -0.39 is 5.54 Å². The Morgan fingerprint density at radius 1 is 1.05 bits per heavy atom. The van der Waals surface area contributed by atoms with Crippen molar-refractivity contribution >= 4 is 11.6 Å². The molecule has 2 aromatic rings. The second-order valence-corrected chi connectivity index (χ2v) is 5.67. The van der Waals surface area contributed by atoms with E-state index in [0.29, 0.717) is 22.9 Å². The van der Waals surface area contributed by atoms with Gasteiger partial charge >= 0.3 is 0 Å². The molecule has 1 atom stereocenters. The van der Waals surface area contributed by atoms with E-state index in [1.807, 2.05) is 49.4 Å². The fourth-order valence-corrected chi connectivity index (χ4v) is 2.79. The Hall–Kier alpha value is -1.71. The van der Waals surface area contributed by atoms with Crippen LogP contribution in [0, 0.1) is 0 Å². The van der Waals surface area contributed by atoms with Crippen LogP contribution >= 0.6 is 11.6 Å². The maximum absolute atomic E-state index is 6.48. The number of rotatable bonds is 5. The van der Waals surface area contributed by atoms with E-state index in [4.69, 9.17) is 26.8 Å². The minimum atomic E-state index is -0.558. The number of methoxy groups -OCH3 is 2. The maximum Gasteiger partial charge on any atom is 0.160 e. The fourth-order valence-electron chi connectivity index (χ4n) is 2.43. The average molecular weight is 306 g/mol. The predicted molar refractivity (Wildman–Crippen MR) is 86.2 cm³/mol. The van der Waals surface area contributed by atoms with Gasteiger partial charge in [0.2, 0.25) is 0 Å². The lowest BCUT2D eigenvalue weighted by molar-refractivity contribution is 0.354. The first-order valence-corrected chi connectivity index (χ1v) is 7.10. The normalized spacial score (nSPS) is 13.6. The molecule has 4 heteroatoms. The van der Waals surface area contributed by atoms with Crippen molar-refractivity contribution in [2.24, 2.45) is 5.73 Å². The second kappa shape index (κ2) is 6.37. The van der Waals surface area contributed by atoms with Crippen LogP contribution in [0.4, 0.5) is 0 Å². The van der Waals surface area contributed by atoms with Crippen molar-refractivity contribution in [1.29, 1.82) is 0 Å². The minimum absolute atomic E-state index is 0.558. The monoisotopic (exact) mass is 305 g/mol. The van der Waals surface area contributed by atoms with Crippen molar-refractivity contribution in [3.63, 3.8) is 0 Å². The zero-order valence-electron chi connectivity index (χ0n) is 12.5. The van der Waals surface area contributed by atoms with E-state index >= 15 is 0 Å². The first kappa shape index (κ1) is 15.7. The van der Waals surface area contributed by atoms with Gasteiger partial charge in [0.1, 0.15) is 0 Å². The van der Waals surface area contributed by atoms with Crippen molar-refractivity contribution in [3.05, 3.63) is 58.6 Å². The number of hydrogen-bond acceptors (Lipinski definition) is 3. The molecule has 21 heavy (non-hydrogen) atoms. The van der Waals surface area contributed by atoms with Gasteiger partial charge in [0.15, 0.2) is 11.5 Å². The van der Waals surface area contributed by atoms with E-state index in [0.717, 1.165) is 11.1 Å². The summed E-state index contributed by atoms with van der Waals surface area (Å²) in [5.41, 5.74) is 7.92. The standard InChI is InChI=1S/C17H20ClNO2/c1-17(19,13-6-4-5-7-14(13)18)11-12-8-9-15(20-2)16(10-12)21-3/h4-10H,11,19H2,1-3H3. The SMILES string of the molecule is COc1ccc(CC(C)(N)c2ccccc2Cl)cc1OC. The van der Waals surface area contributed by atoms with E-state index in [9.17, 15) is 0 Å². The molecule has 0 saturated carbocycles. The summed E-state index contributed by atoms with van der Waals surface area (Å²) in [5, 5.41) is 0.683. The Morgan fingerprint density at radius 3 is 2.33 bits per heavy atom.